The van der Waals surface area contributed by atoms with Crippen LogP contribution in [0, 0.1) is 0 Å². The maximum Gasteiger partial charge on any atom is 0.222 e. The second kappa shape index (κ2) is 13.0. The molecule has 0 saturated carbocycles. The Kier molecular flexibility index (Phi) is 10.1. The minimum absolute atomic E-state index is 0. The van der Waals surface area contributed by atoms with Crippen LogP contribution in [0.3, 0.4) is 0 Å². The number of nitrogens with one attached hydrogen (secondary N) is 2. The lowest BCUT2D eigenvalue weighted by Gasteiger charge is -2.26. The second-order valence-electron chi connectivity index (χ2n) is 8.54. The number of amides is 1. The zero-order valence-electron chi connectivity index (χ0n) is 19.5. The summed E-state index contributed by atoms with van der Waals surface area (Å²) in [5, 5.41) is 6.90. The molecule has 0 spiro atoms. The molecule has 180 valence electrons. The smallest absolute Gasteiger partial charge is 0.222 e. The Labute approximate surface area is 214 Å². The van der Waals surface area contributed by atoms with Crippen molar-refractivity contribution < 1.29 is 9.21 Å². The predicted molar refractivity (Wildman–Crippen MR) is 142 cm³/mol. The van der Waals surface area contributed by atoms with Crippen LogP contribution in [0.4, 0.5) is 0 Å². The number of carbonyl (C=O) groups excluding carboxylic acids is 1. The summed E-state index contributed by atoms with van der Waals surface area (Å²) < 4.78 is 5.74. The minimum Gasteiger partial charge on any atom is -0.468 e. The molecule has 2 saturated heterocycles. The summed E-state index contributed by atoms with van der Waals surface area (Å²) in [4.78, 5) is 21.4. The Morgan fingerprint density at radius 1 is 1.06 bits per heavy atom. The fourth-order valence-electron chi connectivity index (χ4n) is 4.59. The molecule has 4 rings (SSSR count). The monoisotopic (exact) mass is 565 g/mol. The van der Waals surface area contributed by atoms with Crippen molar-refractivity contribution in [2.45, 2.75) is 51.7 Å². The van der Waals surface area contributed by atoms with E-state index in [0.29, 0.717) is 19.5 Å². The summed E-state index contributed by atoms with van der Waals surface area (Å²) in [6.45, 7) is 7.91. The van der Waals surface area contributed by atoms with Crippen LogP contribution < -0.4 is 10.6 Å². The van der Waals surface area contributed by atoms with Gasteiger partial charge in [0.2, 0.25) is 5.91 Å². The molecule has 2 N–H and O–H groups in total. The van der Waals surface area contributed by atoms with Crippen molar-refractivity contribution in [1.29, 1.82) is 0 Å². The molecule has 1 aromatic carbocycles. The third-order valence-corrected chi connectivity index (χ3v) is 6.32. The van der Waals surface area contributed by atoms with Gasteiger partial charge >= 0.3 is 0 Å². The van der Waals surface area contributed by atoms with Crippen molar-refractivity contribution in [3.63, 3.8) is 0 Å². The van der Waals surface area contributed by atoms with Crippen LogP contribution in [0.15, 0.2) is 52.1 Å². The Morgan fingerprint density at radius 2 is 1.85 bits per heavy atom. The van der Waals surface area contributed by atoms with E-state index in [0.717, 1.165) is 56.4 Å². The van der Waals surface area contributed by atoms with Gasteiger partial charge in [0.1, 0.15) is 5.76 Å². The fraction of sp³-hybridized carbons (Fsp3) is 0.520. The zero-order valence-corrected chi connectivity index (χ0v) is 21.8. The second-order valence-corrected chi connectivity index (χ2v) is 8.54. The van der Waals surface area contributed by atoms with E-state index in [4.69, 9.17) is 9.41 Å². The van der Waals surface area contributed by atoms with Crippen LogP contribution in [0.1, 0.15) is 55.5 Å². The Balaban J connectivity index is 0.00000306. The summed E-state index contributed by atoms with van der Waals surface area (Å²) >= 11 is 0. The average Bonchev–Trinajstić information content (AvgIpc) is 3.58. The van der Waals surface area contributed by atoms with Crippen LogP contribution in [0.5, 0.6) is 0 Å². The quantitative estimate of drug-likeness (QED) is 0.274. The van der Waals surface area contributed by atoms with Crippen molar-refractivity contribution in [2.75, 3.05) is 32.7 Å². The van der Waals surface area contributed by atoms with Gasteiger partial charge in [0.15, 0.2) is 5.96 Å². The van der Waals surface area contributed by atoms with Crippen LogP contribution in [0.25, 0.3) is 0 Å². The van der Waals surface area contributed by atoms with E-state index in [9.17, 15) is 4.79 Å². The van der Waals surface area contributed by atoms with E-state index >= 15 is 0 Å². The molecule has 0 bridgehead atoms. The van der Waals surface area contributed by atoms with Gasteiger partial charge in [-0.05, 0) is 62.5 Å². The normalized spacial score (nSPS) is 17.8. The van der Waals surface area contributed by atoms with E-state index in [1.807, 2.05) is 23.1 Å². The number of hydrogen-bond donors (Lipinski definition) is 2. The van der Waals surface area contributed by atoms with Gasteiger partial charge in [-0.1, -0.05) is 24.3 Å². The van der Waals surface area contributed by atoms with E-state index in [1.54, 1.807) is 6.26 Å². The van der Waals surface area contributed by atoms with Gasteiger partial charge in [0.05, 0.1) is 18.8 Å². The molecule has 1 amide bonds. The number of guanidine groups is 1. The third kappa shape index (κ3) is 6.96. The molecule has 3 heterocycles. The van der Waals surface area contributed by atoms with Crippen molar-refractivity contribution in [2.24, 2.45) is 4.99 Å². The molecule has 8 heteroatoms. The van der Waals surface area contributed by atoms with Crippen LogP contribution >= 0.6 is 24.0 Å². The van der Waals surface area contributed by atoms with Gasteiger partial charge in [-0.15, -0.1) is 24.0 Å². The van der Waals surface area contributed by atoms with Crippen molar-refractivity contribution >= 4 is 35.8 Å². The highest BCUT2D eigenvalue weighted by molar-refractivity contribution is 14.0. The third-order valence-electron chi connectivity index (χ3n) is 6.32. The Hall–Kier alpha value is -2.07. The van der Waals surface area contributed by atoms with E-state index < -0.39 is 0 Å². The fourth-order valence-corrected chi connectivity index (χ4v) is 4.59. The average molecular weight is 566 g/mol. The van der Waals surface area contributed by atoms with Gasteiger partial charge in [0, 0.05) is 32.6 Å². The number of carbonyl (C=O) groups is 1. The molecule has 0 aliphatic carbocycles. The number of benzene rings is 1. The van der Waals surface area contributed by atoms with E-state index in [1.165, 1.54) is 18.4 Å². The predicted octanol–water partition coefficient (Wildman–Crippen LogP) is 3.91. The first kappa shape index (κ1) is 25.6. The maximum absolute atomic E-state index is 12.1. The van der Waals surface area contributed by atoms with Gasteiger partial charge in [0.25, 0.3) is 0 Å². The lowest BCUT2D eigenvalue weighted by atomic mass is 10.1. The molecule has 33 heavy (non-hydrogen) atoms. The molecule has 7 nitrogen and oxygen atoms in total. The van der Waals surface area contributed by atoms with E-state index in [-0.39, 0.29) is 35.9 Å². The van der Waals surface area contributed by atoms with Crippen molar-refractivity contribution in [3.8, 4) is 0 Å². The van der Waals surface area contributed by atoms with Crippen LogP contribution in [0.2, 0.25) is 0 Å². The van der Waals surface area contributed by atoms with Gasteiger partial charge in [-0.25, -0.2) is 4.99 Å². The van der Waals surface area contributed by atoms with Crippen LogP contribution in [-0.2, 0) is 17.9 Å². The van der Waals surface area contributed by atoms with Gasteiger partial charge in [-0.3, -0.25) is 9.69 Å². The number of nitrogens with zero attached hydrogens (tertiary/aromatic N) is 3. The van der Waals surface area contributed by atoms with Crippen molar-refractivity contribution in [3.05, 3.63) is 59.5 Å². The first-order valence-corrected chi connectivity index (χ1v) is 11.9. The van der Waals surface area contributed by atoms with Gasteiger partial charge < -0.3 is 20.0 Å². The summed E-state index contributed by atoms with van der Waals surface area (Å²) in [6.07, 6.45) is 5.85. The highest BCUT2D eigenvalue weighted by atomic mass is 127. The van der Waals surface area contributed by atoms with Crippen molar-refractivity contribution in [1.82, 2.24) is 20.4 Å². The highest BCUT2D eigenvalue weighted by Gasteiger charge is 2.25. The maximum atomic E-state index is 12.1. The topological polar surface area (TPSA) is 73.1 Å². The number of halogens is 1. The summed E-state index contributed by atoms with van der Waals surface area (Å²) in [6, 6.07) is 12.5. The molecule has 2 aliphatic rings. The minimum atomic E-state index is 0. The lowest BCUT2D eigenvalue weighted by molar-refractivity contribution is -0.128. The Morgan fingerprint density at radius 3 is 2.52 bits per heavy atom. The zero-order chi connectivity index (χ0) is 22.2. The number of hydrogen-bond acceptors (Lipinski definition) is 4. The molecule has 1 aromatic heterocycles. The lowest BCUT2D eigenvalue weighted by Crippen LogP contribution is -2.42. The molecule has 2 aromatic rings. The summed E-state index contributed by atoms with van der Waals surface area (Å²) in [5.41, 5.74) is 2.33. The Bertz CT molecular complexity index is 896. The molecular formula is C25H36IN5O2. The van der Waals surface area contributed by atoms with E-state index in [2.05, 4.69) is 40.7 Å². The highest BCUT2D eigenvalue weighted by Crippen LogP contribution is 2.25. The molecule has 1 unspecified atom stereocenters. The summed E-state index contributed by atoms with van der Waals surface area (Å²) in [5.74, 6) is 2.05. The molecule has 0 radical (unpaired) electrons. The van der Waals surface area contributed by atoms with Crippen LogP contribution in [-0.4, -0.2) is 54.4 Å². The molecule has 2 aliphatic heterocycles. The SMILES string of the molecule is CCNC(=NCc1ccccc1CN1CCCC1=O)NCC(c1ccco1)N1CCCC1.I. The summed E-state index contributed by atoms with van der Waals surface area (Å²) in [7, 11) is 0. The largest absolute Gasteiger partial charge is 0.468 e. The first-order chi connectivity index (χ1) is 15.7. The number of aliphatic imine (C=N–C) groups is 1. The molecule has 2 fully saturated rings. The number of likely N-dealkylation sites (tertiary alicyclic amines) is 2. The number of furan rings is 1. The molecule has 1 atom stereocenters. The number of rotatable bonds is 9. The standard InChI is InChI=1S/C25H35N5O2.HI/c1-2-26-25(28-18-22(23-11-8-16-32-23)29-13-5-6-14-29)27-17-20-9-3-4-10-21(20)19-30-15-7-12-24(30)31;/h3-4,8-11,16,22H,2,5-7,12-15,17-19H2,1H3,(H2,26,27,28);1H. The van der Waals surface area contributed by atoms with Gasteiger partial charge in [-0.2, -0.15) is 0 Å². The molecular weight excluding hydrogens is 529 g/mol. The first-order valence-electron chi connectivity index (χ1n) is 11.9.